The highest BCUT2D eigenvalue weighted by molar-refractivity contribution is 5.77. The van der Waals surface area contributed by atoms with Crippen molar-refractivity contribution in [3.63, 3.8) is 0 Å². The maximum Gasteiger partial charge on any atom is 0.323 e. The van der Waals surface area contributed by atoms with E-state index in [0.29, 0.717) is 6.42 Å². The van der Waals surface area contributed by atoms with Gasteiger partial charge in [0.1, 0.15) is 11.6 Å². The van der Waals surface area contributed by atoms with Crippen molar-refractivity contribution in [2.24, 2.45) is 5.92 Å². The highest BCUT2D eigenvalue weighted by Crippen LogP contribution is 2.33. The predicted molar refractivity (Wildman–Crippen MR) is 107 cm³/mol. The van der Waals surface area contributed by atoms with Gasteiger partial charge >= 0.3 is 5.97 Å². The lowest BCUT2D eigenvalue weighted by Gasteiger charge is -2.41. The number of esters is 1. The van der Waals surface area contributed by atoms with E-state index in [1.807, 2.05) is 40.7 Å². The molecule has 0 radical (unpaired) electrons. The Kier molecular flexibility index (Phi) is 8.48. The van der Waals surface area contributed by atoms with Crippen molar-refractivity contribution in [2.45, 2.75) is 97.1 Å². The summed E-state index contributed by atoms with van der Waals surface area (Å²) in [5, 5.41) is 6.51. The zero-order chi connectivity index (χ0) is 20.8. The van der Waals surface area contributed by atoms with Gasteiger partial charge in [-0.2, -0.15) is 0 Å². The van der Waals surface area contributed by atoms with Gasteiger partial charge in [-0.05, 0) is 53.4 Å². The van der Waals surface area contributed by atoms with E-state index in [-0.39, 0.29) is 29.9 Å². The lowest BCUT2D eigenvalue weighted by atomic mass is 9.81. The van der Waals surface area contributed by atoms with Crippen LogP contribution in [0.3, 0.4) is 0 Å². The summed E-state index contributed by atoms with van der Waals surface area (Å²) in [7, 11) is 1.68. The Bertz CT molecular complexity index is 541. The van der Waals surface area contributed by atoms with E-state index >= 15 is 0 Å². The van der Waals surface area contributed by atoms with Gasteiger partial charge in [-0.25, -0.2) is 0 Å². The Morgan fingerprint density at radius 1 is 1.30 bits per heavy atom. The Hall–Kier alpha value is -1.40. The Morgan fingerprint density at radius 3 is 2.37 bits per heavy atom. The number of hydrogen-bond donors (Lipinski definition) is 2. The van der Waals surface area contributed by atoms with Crippen LogP contribution in [-0.2, 0) is 19.1 Å². The molecular formula is C21H38N2O4. The minimum absolute atomic E-state index is 0.0932. The van der Waals surface area contributed by atoms with Crippen LogP contribution in [-0.4, -0.2) is 48.3 Å². The molecule has 0 aromatic rings. The summed E-state index contributed by atoms with van der Waals surface area (Å²) < 4.78 is 11.4. The topological polar surface area (TPSA) is 76.7 Å². The van der Waals surface area contributed by atoms with E-state index in [1.165, 1.54) is 6.92 Å². The van der Waals surface area contributed by atoms with Crippen molar-refractivity contribution in [2.75, 3.05) is 7.11 Å². The third kappa shape index (κ3) is 6.61. The molecule has 1 aliphatic heterocycles. The molecule has 1 saturated heterocycles. The number of nitrogens with one attached hydrogen (secondary N) is 2. The van der Waals surface area contributed by atoms with Crippen LogP contribution < -0.4 is 10.6 Å². The van der Waals surface area contributed by atoms with E-state index in [0.717, 1.165) is 12.8 Å². The smallest absolute Gasteiger partial charge is 0.323 e. The van der Waals surface area contributed by atoms with Crippen LogP contribution in [0.15, 0.2) is 12.2 Å². The summed E-state index contributed by atoms with van der Waals surface area (Å²) >= 11 is 0. The summed E-state index contributed by atoms with van der Waals surface area (Å²) in [5.74, 6) is -0.271. The maximum atomic E-state index is 12.6. The third-order valence-electron chi connectivity index (χ3n) is 5.08. The van der Waals surface area contributed by atoms with E-state index in [4.69, 9.17) is 9.47 Å². The maximum absolute atomic E-state index is 12.6. The van der Waals surface area contributed by atoms with Gasteiger partial charge in [0.25, 0.3) is 0 Å². The number of carbonyl (C=O) groups is 2. The summed E-state index contributed by atoms with van der Waals surface area (Å²) in [6.07, 6.45) is 6.44. The van der Waals surface area contributed by atoms with Gasteiger partial charge < -0.3 is 14.8 Å². The summed E-state index contributed by atoms with van der Waals surface area (Å²) in [4.78, 5) is 24.6. The molecule has 0 bridgehead atoms. The van der Waals surface area contributed by atoms with Gasteiger partial charge in [-0.3, -0.25) is 14.9 Å². The molecule has 0 aromatic carbocycles. The highest BCUT2D eigenvalue weighted by atomic mass is 16.6. The van der Waals surface area contributed by atoms with Crippen LogP contribution in [0.2, 0.25) is 0 Å². The van der Waals surface area contributed by atoms with Crippen molar-refractivity contribution in [1.29, 1.82) is 0 Å². The van der Waals surface area contributed by atoms with E-state index in [2.05, 4.69) is 23.6 Å². The van der Waals surface area contributed by atoms with Gasteiger partial charge in [0, 0.05) is 20.1 Å². The number of allylic oxidation sites excluding steroid dienone is 1. The molecule has 1 rings (SSSR count). The number of amides is 1. The first-order valence-corrected chi connectivity index (χ1v) is 9.91. The SMILES string of the molecule is CC=C[C@@H]1C[C@@H](C(=O)OC(C)(C)C)N[C@H]1[C@@H](NC(C)=O)[C@](C)(CCC)OC. The minimum atomic E-state index is -0.541. The number of ether oxygens (including phenoxy) is 2. The molecule has 0 unspecified atom stereocenters. The molecule has 1 fully saturated rings. The zero-order valence-corrected chi connectivity index (χ0v) is 18.2. The molecule has 5 atom stereocenters. The molecular weight excluding hydrogens is 344 g/mol. The summed E-state index contributed by atoms with van der Waals surface area (Å²) in [5.41, 5.74) is -1.08. The lowest BCUT2D eigenvalue weighted by molar-refractivity contribution is -0.157. The van der Waals surface area contributed by atoms with Crippen LogP contribution >= 0.6 is 0 Å². The molecule has 0 aliphatic carbocycles. The van der Waals surface area contributed by atoms with Crippen molar-refractivity contribution < 1.29 is 19.1 Å². The molecule has 6 nitrogen and oxygen atoms in total. The Balaban J connectivity index is 3.17. The lowest BCUT2D eigenvalue weighted by Crippen LogP contribution is -2.62. The first-order chi connectivity index (χ1) is 12.5. The average Bonchev–Trinajstić information content (AvgIpc) is 2.95. The fourth-order valence-electron chi connectivity index (χ4n) is 3.89. The Labute approximate surface area is 164 Å². The van der Waals surface area contributed by atoms with Crippen LogP contribution in [0.25, 0.3) is 0 Å². The first-order valence-electron chi connectivity index (χ1n) is 9.91. The second-order valence-electron chi connectivity index (χ2n) is 8.65. The fourth-order valence-corrected chi connectivity index (χ4v) is 3.89. The standard InChI is InChI=1S/C21H38N2O4/c1-9-11-15-13-16(19(25)27-20(4,5)6)23-17(15)18(22-14(3)24)21(7,26-8)12-10-2/h9,11,15-18,23H,10,12-13H2,1-8H3,(H,22,24)/t15-,16+,17-,18-,21+/m1/s1. The van der Waals surface area contributed by atoms with Gasteiger partial charge in [0.2, 0.25) is 5.91 Å². The summed E-state index contributed by atoms with van der Waals surface area (Å²) in [6.45, 7) is 13.2. The minimum Gasteiger partial charge on any atom is -0.459 e. The molecule has 0 saturated carbocycles. The molecule has 156 valence electrons. The van der Waals surface area contributed by atoms with Crippen molar-refractivity contribution in [3.8, 4) is 0 Å². The number of carbonyl (C=O) groups excluding carboxylic acids is 2. The molecule has 1 heterocycles. The van der Waals surface area contributed by atoms with Gasteiger partial charge in [-0.1, -0.05) is 25.5 Å². The number of methoxy groups -OCH3 is 1. The second kappa shape index (κ2) is 9.69. The molecule has 1 aliphatic rings. The fraction of sp³-hybridized carbons (Fsp3) is 0.810. The van der Waals surface area contributed by atoms with Crippen LogP contribution in [0.5, 0.6) is 0 Å². The van der Waals surface area contributed by atoms with Crippen molar-refractivity contribution in [3.05, 3.63) is 12.2 Å². The largest absolute Gasteiger partial charge is 0.459 e. The molecule has 2 N–H and O–H groups in total. The first kappa shape index (κ1) is 23.6. The molecule has 0 aromatic heterocycles. The van der Waals surface area contributed by atoms with Gasteiger partial charge in [-0.15, -0.1) is 0 Å². The summed E-state index contributed by atoms with van der Waals surface area (Å²) in [6, 6.07) is -0.804. The van der Waals surface area contributed by atoms with Crippen LogP contribution in [0.1, 0.15) is 67.7 Å². The molecule has 27 heavy (non-hydrogen) atoms. The Morgan fingerprint density at radius 2 is 1.93 bits per heavy atom. The van der Waals surface area contributed by atoms with E-state index in [1.54, 1.807) is 7.11 Å². The van der Waals surface area contributed by atoms with Crippen LogP contribution in [0, 0.1) is 5.92 Å². The number of hydrogen-bond acceptors (Lipinski definition) is 5. The number of rotatable bonds is 8. The molecule has 1 amide bonds. The van der Waals surface area contributed by atoms with E-state index in [9.17, 15) is 9.59 Å². The quantitative estimate of drug-likeness (QED) is 0.499. The highest BCUT2D eigenvalue weighted by Gasteiger charge is 2.48. The predicted octanol–water partition coefficient (Wildman–Crippen LogP) is 2.96. The van der Waals surface area contributed by atoms with Gasteiger partial charge in [0.05, 0.1) is 11.6 Å². The van der Waals surface area contributed by atoms with E-state index < -0.39 is 17.2 Å². The monoisotopic (exact) mass is 382 g/mol. The average molecular weight is 383 g/mol. The second-order valence-corrected chi connectivity index (χ2v) is 8.65. The van der Waals surface area contributed by atoms with Gasteiger partial charge in [0.15, 0.2) is 0 Å². The van der Waals surface area contributed by atoms with Crippen molar-refractivity contribution >= 4 is 11.9 Å². The third-order valence-corrected chi connectivity index (χ3v) is 5.08. The normalized spacial score (nSPS) is 26.6. The van der Waals surface area contributed by atoms with Crippen molar-refractivity contribution in [1.82, 2.24) is 10.6 Å². The van der Waals surface area contributed by atoms with Crippen LogP contribution in [0.4, 0.5) is 0 Å². The molecule has 0 spiro atoms. The molecule has 6 heteroatoms. The zero-order valence-electron chi connectivity index (χ0n) is 18.2.